The first-order valence-corrected chi connectivity index (χ1v) is 7.47. The fourth-order valence-corrected chi connectivity index (χ4v) is 2.82. The summed E-state index contributed by atoms with van der Waals surface area (Å²) in [5.74, 6) is 0.482. The highest BCUT2D eigenvalue weighted by Crippen LogP contribution is 2.21. The predicted octanol–water partition coefficient (Wildman–Crippen LogP) is -0.756. The summed E-state index contributed by atoms with van der Waals surface area (Å²) in [5, 5.41) is 16.0. The molecule has 2 saturated heterocycles. The van der Waals surface area contributed by atoms with Gasteiger partial charge in [0.25, 0.3) is 11.7 Å². The maximum absolute atomic E-state index is 12.3. The van der Waals surface area contributed by atoms with Gasteiger partial charge in [0.1, 0.15) is 0 Å². The summed E-state index contributed by atoms with van der Waals surface area (Å²) in [5.41, 5.74) is 0. The average molecular weight is 295 g/mol. The molecule has 3 heterocycles. The third-order valence-corrected chi connectivity index (χ3v) is 4.07. The Morgan fingerprint density at radius 1 is 1.38 bits per heavy atom. The first-order chi connectivity index (χ1) is 10.3. The fraction of sp³-hybridized carbons (Fsp3) is 0.769. The molecule has 2 N–H and O–H groups in total. The minimum absolute atomic E-state index is 0.0838. The number of rotatable bonds is 4. The Balaban J connectivity index is 1.58. The summed E-state index contributed by atoms with van der Waals surface area (Å²) in [6, 6.07) is 0.0838. The number of piperazine rings is 1. The van der Waals surface area contributed by atoms with E-state index in [9.17, 15) is 4.79 Å². The van der Waals surface area contributed by atoms with Crippen LogP contribution in [0.15, 0.2) is 4.52 Å². The van der Waals surface area contributed by atoms with Gasteiger partial charge in [0, 0.05) is 32.7 Å². The van der Waals surface area contributed by atoms with E-state index in [4.69, 9.17) is 9.63 Å². The van der Waals surface area contributed by atoms with Crippen LogP contribution >= 0.6 is 0 Å². The van der Waals surface area contributed by atoms with Gasteiger partial charge in [-0.05, 0) is 19.4 Å². The molecule has 1 aromatic heterocycles. The lowest BCUT2D eigenvalue weighted by Gasteiger charge is -2.33. The number of aromatic nitrogens is 2. The quantitative estimate of drug-likeness (QED) is 0.754. The van der Waals surface area contributed by atoms with Crippen molar-refractivity contribution in [3.05, 3.63) is 11.7 Å². The van der Waals surface area contributed by atoms with Gasteiger partial charge in [-0.25, -0.2) is 0 Å². The fourth-order valence-electron chi connectivity index (χ4n) is 2.82. The SMILES string of the molecule is O=C(c1noc(C2CCCN2)n1)N1CCN(CCO)CC1. The Morgan fingerprint density at radius 3 is 2.86 bits per heavy atom. The second-order valence-electron chi connectivity index (χ2n) is 5.46. The molecule has 2 fully saturated rings. The number of β-amino-alcohol motifs (C(OH)–C–C–N with tert-alkyl or cyclic N) is 1. The first-order valence-electron chi connectivity index (χ1n) is 7.47. The van der Waals surface area contributed by atoms with Crippen molar-refractivity contribution in [3.63, 3.8) is 0 Å². The molecule has 0 bridgehead atoms. The van der Waals surface area contributed by atoms with Crippen LogP contribution in [0.4, 0.5) is 0 Å². The van der Waals surface area contributed by atoms with Gasteiger partial charge >= 0.3 is 0 Å². The van der Waals surface area contributed by atoms with Crippen LogP contribution in [-0.4, -0.2) is 76.8 Å². The van der Waals surface area contributed by atoms with Crippen LogP contribution in [0, 0.1) is 0 Å². The summed E-state index contributed by atoms with van der Waals surface area (Å²) in [7, 11) is 0. The Hall–Kier alpha value is -1.51. The maximum Gasteiger partial charge on any atom is 0.295 e. The number of hydrogen-bond donors (Lipinski definition) is 2. The molecule has 1 atom stereocenters. The lowest BCUT2D eigenvalue weighted by atomic mass is 10.2. The van der Waals surface area contributed by atoms with Gasteiger partial charge in [0.15, 0.2) is 0 Å². The summed E-state index contributed by atoms with van der Waals surface area (Å²) in [6.07, 6.45) is 2.05. The molecular formula is C13H21N5O3. The molecule has 21 heavy (non-hydrogen) atoms. The molecule has 0 spiro atoms. The molecule has 1 aromatic rings. The smallest absolute Gasteiger partial charge is 0.295 e. The van der Waals surface area contributed by atoms with Crippen molar-refractivity contribution in [1.29, 1.82) is 0 Å². The highest BCUT2D eigenvalue weighted by Gasteiger charge is 2.28. The van der Waals surface area contributed by atoms with E-state index in [0.717, 1.165) is 32.5 Å². The molecule has 3 rings (SSSR count). The van der Waals surface area contributed by atoms with Crippen molar-refractivity contribution in [1.82, 2.24) is 25.3 Å². The minimum atomic E-state index is -0.174. The monoisotopic (exact) mass is 295 g/mol. The van der Waals surface area contributed by atoms with Crippen LogP contribution in [0.5, 0.6) is 0 Å². The molecule has 0 radical (unpaired) electrons. The molecule has 8 heteroatoms. The summed E-state index contributed by atoms with van der Waals surface area (Å²) in [6.45, 7) is 4.54. The average Bonchev–Trinajstić information content (AvgIpc) is 3.19. The number of hydrogen-bond acceptors (Lipinski definition) is 7. The number of carbonyl (C=O) groups is 1. The van der Waals surface area contributed by atoms with E-state index in [1.54, 1.807) is 4.90 Å². The number of nitrogens with one attached hydrogen (secondary N) is 1. The van der Waals surface area contributed by atoms with Crippen molar-refractivity contribution >= 4 is 5.91 Å². The van der Waals surface area contributed by atoms with Gasteiger partial charge in [-0.15, -0.1) is 0 Å². The predicted molar refractivity (Wildman–Crippen MR) is 73.7 cm³/mol. The summed E-state index contributed by atoms with van der Waals surface area (Å²) in [4.78, 5) is 20.5. The van der Waals surface area contributed by atoms with E-state index in [0.29, 0.717) is 25.5 Å². The summed E-state index contributed by atoms with van der Waals surface area (Å²) >= 11 is 0. The van der Waals surface area contributed by atoms with Gasteiger partial charge in [-0.2, -0.15) is 4.98 Å². The van der Waals surface area contributed by atoms with Gasteiger partial charge in [-0.3, -0.25) is 9.69 Å². The Morgan fingerprint density at radius 2 is 2.19 bits per heavy atom. The molecule has 0 aromatic carbocycles. The number of nitrogens with zero attached hydrogens (tertiary/aromatic N) is 4. The molecule has 0 saturated carbocycles. The third kappa shape index (κ3) is 3.22. The van der Waals surface area contributed by atoms with Crippen LogP contribution in [0.25, 0.3) is 0 Å². The Kier molecular flexibility index (Phi) is 4.47. The van der Waals surface area contributed by atoms with Crippen molar-refractivity contribution in [3.8, 4) is 0 Å². The van der Waals surface area contributed by atoms with E-state index in [2.05, 4.69) is 20.4 Å². The second-order valence-corrected chi connectivity index (χ2v) is 5.46. The highest BCUT2D eigenvalue weighted by atomic mass is 16.5. The zero-order valence-electron chi connectivity index (χ0n) is 12.0. The largest absolute Gasteiger partial charge is 0.395 e. The normalized spacial score (nSPS) is 23.7. The number of aliphatic hydroxyl groups excluding tert-OH is 1. The standard InChI is InChI=1S/C13H21N5O3/c19-9-8-17-4-6-18(7-5-17)13(20)11-15-12(21-16-11)10-2-1-3-14-10/h10,14,19H,1-9H2. The molecule has 2 aliphatic rings. The van der Waals surface area contributed by atoms with Gasteiger partial charge in [0.05, 0.1) is 12.6 Å². The lowest BCUT2D eigenvalue weighted by molar-refractivity contribution is 0.0600. The van der Waals surface area contributed by atoms with Crippen LogP contribution in [-0.2, 0) is 0 Å². The van der Waals surface area contributed by atoms with Crippen molar-refractivity contribution in [2.75, 3.05) is 45.9 Å². The van der Waals surface area contributed by atoms with Gasteiger partial charge in [0.2, 0.25) is 5.89 Å². The van der Waals surface area contributed by atoms with Crippen LogP contribution in [0.3, 0.4) is 0 Å². The Labute approximate surface area is 123 Å². The van der Waals surface area contributed by atoms with E-state index in [1.165, 1.54) is 0 Å². The molecule has 0 aliphatic carbocycles. The molecule has 2 aliphatic heterocycles. The molecule has 1 unspecified atom stereocenters. The van der Waals surface area contributed by atoms with E-state index in [1.807, 2.05) is 0 Å². The number of carbonyl (C=O) groups excluding carboxylic acids is 1. The molecular weight excluding hydrogens is 274 g/mol. The third-order valence-electron chi connectivity index (χ3n) is 4.07. The molecule has 1 amide bonds. The zero-order valence-corrected chi connectivity index (χ0v) is 12.0. The topological polar surface area (TPSA) is 94.7 Å². The molecule has 116 valence electrons. The van der Waals surface area contributed by atoms with Crippen LogP contribution < -0.4 is 5.32 Å². The van der Waals surface area contributed by atoms with Crippen molar-refractivity contribution in [2.24, 2.45) is 0 Å². The first kappa shape index (κ1) is 14.4. The van der Waals surface area contributed by atoms with Gasteiger partial charge < -0.3 is 19.8 Å². The van der Waals surface area contributed by atoms with Crippen molar-refractivity contribution < 1.29 is 14.4 Å². The maximum atomic E-state index is 12.3. The number of amides is 1. The highest BCUT2D eigenvalue weighted by molar-refractivity contribution is 5.90. The van der Waals surface area contributed by atoms with E-state index >= 15 is 0 Å². The van der Waals surface area contributed by atoms with E-state index in [-0.39, 0.29) is 24.4 Å². The van der Waals surface area contributed by atoms with E-state index < -0.39 is 0 Å². The van der Waals surface area contributed by atoms with Crippen molar-refractivity contribution in [2.45, 2.75) is 18.9 Å². The number of aliphatic hydroxyl groups is 1. The molecule has 8 nitrogen and oxygen atoms in total. The van der Waals surface area contributed by atoms with Crippen LogP contribution in [0.1, 0.15) is 35.4 Å². The minimum Gasteiger partial charge on any atom is -0.395 e. The lowest BCUT2D eigenvalue weighted by Crippen LogP contribution is -2.49. The van der Waals surface area contributed by atoms with Gasteiger partial charge in [-0.1, -0.05) is 5.16 Å². The second kappa shape index (κ2) is 6.50. The Bertz CT molecular complexity index is 478. The van der Waals surface area contributed by atoms with Crippen LogP contribution in [0.2, 0.25) is 0 Å². The zero-order chi connectivity index (χ0) is 14.7. The summed E-state index contributed by atoms with van der Waals surface area (Å²) < 4.78 is 5.21.